The molecule has 3 heterocycles. The van der Waals surface area contributed by atoms with Gasteiger partial charge in [-0.3, -0.25) is 4.98 Å². The summed E-state index contributed by atoms with van der Waals surface area (Å²) in [6.07, 6.45) is 3.61. The SMILES string of the molecule is Cc1nc(-c2cccnc2)sc1C1(CN)COC1. The molecule has 0 saturated carbocycles. The molecule has 0 aromatic carbocycles. The van der Waals surface area contributed by atoms with Crippen molar-refractivity contribution in [3.63, 3.8) is 0 Å². The number of aromatic nitrogens is 2. The van der Waals surface area contributed by atoms with Crippen molar-refractivity contribution in [2.45, 2.75) is 12.3 Å². The maximum absolute atomic E-state index is 5.90. The van der Waals surface area contributed by atoms with E-state index < -0.39 is 0 Å². The van der Waals surface area contributed by atoms with Gasteiger partial charge in [-0.2, -0.15) is 0 Å². The fraction of sp³-hybridized carbons (Fsp3) is 0.385. The van der Waals surface area contributed by atoms with Crippen LogP contribution in [0.25, 0.3) is 10.6 Å². The molecule has 0 radical (unpaired) electrons. The quantitative estimate of drug-likeness (QED) is 0.914. The van der Waals surface area contributed by atoms with Gasteiger partial charge in [0.1, 0.15) is 5.01 Å². The molecule has 1 aliphatic heterocycles. The van der Waals surface area contributed by atoms with E-state index in [0.29, 0.717) is 19.8 Å². The molecule has 4 nitrogen and oxygen atoms in total. The van der Waals surface area contributed by atoms with Gasteiger partial charge in [-0.25, -0.2) is 4.98 Å². The Labute approximate surface area is 110 Å². The molecule has 1 aliphatic rings. The van der Waals surface area contributed by atoms with Crippen molar-refractivity contribution < 1.29 is 4.74 Å². The van der Waals surface area contributed by atoms with Gasteiger partial charge in [0, 0.05) is 29.4 Å². The summed E-state index contributed by atoms with van der Waals surface area (Å²) >= 11 is 1.71. The van der Waals surface area contributed by atoms with E-state index in [-0.39, 0.29) is 5.41 Å². The van der Waals surface area contributed by atoms with Crippen LogP contribution in [-0.2, 0) is 10.2 Å². The van der Waals surface area contributed by atoms with Crippen LogP contribution in [0.15, 0.2) is 24.5 Å². The molecule has 0 atom stereocenters. The van der Waals surface area contributed by atoms with Crippen molar-refractivity contribution in [1.82, 2.24) is 9.97 Å². The van der Waals surface area contributed by atoms with Crippen molar-refractivity contribution in [3.8, 4) is 10.6 Å². The Hall–Kier alpha value is -1.30. The maximum Gasteiger partial charge on any atom is 0.125 e. The molecular weight excluding hydrogens is 246 g/mol. The first-order valence-electron chi connectivity index (χ1n) is 5.91. The third-order valence-electron chi connectivity index (χ3n) is 3.33. The summed E-state index contributed by atoms with van der Waals surface area (Å²) in [7, 11) is 0. The molecule has 2 aromatic rings. The Kier molecular flexibility index (Phi) is 2.89. The molecule has 2 aromatic heterocycles. The molecule has 0 spiro atoms. The normalized spacial score (nSPS) is 17.4. The van der Waals surface area contributed by atoms with Crippen LogP contribution in [0.4, 0.5) is 0 Å². The summed E-state index contributed by atoms with van der Waals surface area (Å²) in [6, 6.07) is 3.96. The van der Waals surface area contributed by atoms with Crippen LogP contribution in [0.5, 0.6) is 0 Å². The Morgan fingerprint density at radius 3 is 2.89 bits per heavy atom. The fourth-order valence-corrected chi connectivity index (χ4v) is 3.42. The van der Waals surface area contributed by atoms with Crippen LogP contribution in [-0.4, -0.2) is 29.7 Å². The number of aryl methyl sites for hydroxylation is 1. The van der Waals surface area contributed by atoms with Crippen LogP contribution in [0.1, 0.15) is 10.6 Å². The number of hydrogen-bond donors (Lipinski definition) is 1. The second kappa shape index (κ2) is 4.42. The van der Waals surface area contributed by atoms with E-state index in [1.54, 1.807) is 17.5 Å². The molecule has 1 fully saturated rings. The smallest absolute Gasteiger partial charge is 0.125 e. The van der Waals surface area contributed by atoms with Gasteiger partial charge in [-0.05, 0) is 19.1 Å². The van der Waals surface area contributed by atoms with Gasteiger partial charge >= 0.3 is 0 Å². The zero-order valence-corrected chi connectivity index (χ0v) is 11.0. The lowest BCUT2D eigenvalue weighted by molar-refractivity contribution is -0.0535. The van der Waals surface area contributed by atoms with E-state index in [4.69, 9.17) is 10.5 Å². The molecule has 0 aliphatic carbocycles. The van der Waals surface area contributed by atoms with Gasteiger partial charge in [0.15, 0.2) is 0 Å². The van der Waals surface area contributed by atoms with Crippen molar-refractivity contribution in [1.29, 1.82) is 0 Å². The Morgan fingerprint density at radius 2 is 2.33 bits per heavy atom. The molecule has 2 N–H and O–H groups in total. The Morgan fingerprint density at radius 1 is 1.50 bits per heavy atom. The zero-order valence-electron chi connectivity index (χ0n) is 10.2. The highest BCUT2D eigenvalue weighted by molar-refractivity contribution is 7.15. The van der Waals surface area contributed by atoms with Crippen molar-refractivity contribution >= 4 is 11.3 Å². The highest BCUT2D eigenvalue weighted by atomic mass is 32.1. The van der Waals surface area contributed by atoms with E-state index in [9.17, 15) is 0 Å². The molecule has 0 amide bonds. The topological polar surface area (TPSA) is 61.0 Å². The average molecular weight is 261 g/mol. The summed E-state index contributed by atoms with van der Waals surface area (Å²) in [6.45, 7) is 4.07. The van der Waals surface area contributed by atoms with Crippen molar-refractivity contribution in [3.05, 3.63) is 35.1 Å². The van der Waals surface area contributed by atoms with Gasteiger partial charge < -0.3 is 10.5 Å². The molecule has 0 bridgehead atoms. The fourth-order valence-electron chi connectivity index (χ4n) is 2.19. The minimum Gasteiger partial charge on any atom is -0.379 e. The van der Waals surface area contributed by atoms with Gasteiger partial charge in [0.2, 0.25) is 0 Å². The minimum atomic E-state index is -0.0117. The summed E-state index contributed by atoms with van der Waals surface area (Å²) in [5.41, 5.74) is 8.01. The molecule has 1 saturated heterocycles. The van der Waals surface area contributed by atoms with E-state index in [2.05, 4.69) is 9.97 Å². The van der Waals surface area contributed by atoms with Crippen LogP contribution >= 0.6 is 11.3 Å². The predicted octanol–water partition coefficient (Wildman–Crippen LogP) is 1.74. The largest absolute Gasteiger partial charge is 0.379 e. The Balaban J connectivity index is 2.01. The lowest BCUT2D eigenvalue weighted by atomic mass is 9.84. The lowest BCUT2D eigenvalue weighted by Gasteiger charge is -2.39. The number of rotatable bonds is 3. The molecule has 5 heteroatoms. The van der Waals surface area contributed by atoms with E-state index in [0.717, 1.165) is 16.3 Å². The first-order chi connectivity index (χ1) is 8.75. The first-order valence-corrected chi connectivity index (χ1v) is 6.73. The monoisotopic (exact) mass is 261 g/mol. The number of thiazole rings is 1. The van der Waals surface area contributed by atoms with E-state index in [1.807, 2.05) is 25.3 Å². The van der Waals surface area contributed by atoms with Crippen LogP contribution in [0.2, 0.25) is 0 Å². The number of hydrogen-bond acceptors (Lipinski definition) is 5. The highest BCUT2D eigenvalue weighted by Gasteiger charge is 2.42. The van der Waals surface area contributed by atoms with E-state index in [1.165, 1.54) is 4.88 Å². The molecule has 18 heavy (non-hydrogen) atoms. The molecule has 3 rings (SSSR count). The van der Waals surface area contributed by atoms with Gasteiger partial charge in [-0.1, -0.05) is 0 Å². The predicted molar refractivity (Wildman–Crippen MR) is 71.6 cm³/mol. The first kappa shape index (κ1) is 11.8. The highest BCUT2D eigenvalue weighted by Crippen LogP contribution is 2.39. The summed E-state index contributed by atoms with van der Waals surface area (Å²) in [5, 5.41) is 1.01. The maximum atomic E-state index is 5.90. The Bertz CT molecular complexity index is 543. The minimum absolute atomic E-state index is 0.0117. The van der Waals surface area contributed by atoms with E-state index >= 15 is 0 Å². The average Bonchev–Trinajstić information content (AvgIpc) is 2.73. The summed E-state index contributed by atoms with van der Waals surface area (Å²) in [4.78, 5) is 10.0. The number of ether oxygens (including phenoxy) is 1. The van der Waals surface area contributed by atoms with Gasteiger partial charge in [0.05, 0.1) is 24.3 Å². The van der Waals surface area contributed by atoms with Crippen molar-refractivity contribution in [2.75, 3.05) is 19.8 Å². The van der Waals surface area contributed by atoms with Gasteiger partial charge in [-0.15, -0.1) is 11.3 Å². The third kappa shape index (κ3) is 1.75. The zero-order chi connectivity index (χ0) is 12.6. The van der Waals surface area contributed by atoms with Gasteiger partial charge in [0.25, 0.3) is 0 Å². The van der Waals surface area contributed by atoms with Crippen LogP contribution < -0.4 is 5.73 Å². The van der Waals surface area contributed by atoms with Crippen LogP contribution in [0.3, 0.4) is 0 Å². The standard InChI is InChI=1S/C13H15N3OS/c1-9-11(13(6-14)7-17-8-13)18-12(16-9)10-3-2-4-15-5-10/h2-5H,6-8,14H2,1H3. The summed E-state index contributed by atoms with van der Waals surface area (Å²) in [5.74, 6) is 0. The van der Waals surface area contributed by atoms with Crippen LogP contribution in [0, 0.1) is 6.92 Å². The molecular formula is C13H15N3OS. The summed E-state index contributed by atoms with van der Waals surface area (Å²) < 4.78 is 5.34. The molecule has 0 unspecified atom stereocenters. The second-order valence-electron chi connectivity index (χ2n) is 4.65. The second-order valence-corrected chi connectivity index (χ2v) is 5.65. The lowest BCUT2D eigenvalue weighted by Crippen LogP contribution is -2.52. The number of nitrogens with zero attached hydrogens (tertiary/aromatic N) is 2. The number of pyridine rings is 1. The third-order valence-corrected chi connectivity index (χ3v) is 4.79. The van der Waals surface area contributed by atoms with Crippen molar-refractivity contribution in [2.24, 2.45) is 5.73 Å². The molecule has 94 valence electrons. The number of nitrogens with two attached hydrogens (primary N) is 1.